The Morgan fingerprint density at radius 1 is 1.33 bits per heavy atom. The predicted octanol–water partition coefficient (Wildman–Crippen LogP) is 4.42. The summed E-state index contributed by atoms with van der Waals surface area (Å²) >= 11 is 0. The van der Waals surface area contributed by atoms with Crippen molar-refractivity contribution >= 4 is 0 Å². The Morgan fingerprint density at radius 2 is 2.00 bits per heavy atom. The first-order chi connectivity index (χ1) is 6.63. The normalized spacial score (nSPS) is 12.7. The maximum atomic E-state index is 5.33. The van der Waals surface area contributed by atoms with Crippen LogP contribution in [0.5, 0.6) is 0 Å². The van der Waals surface area contributed by atoms with E-state index < -0.39 is 0 Å². The minimum absolute atomic E-state index is 0. The first kappa shape index (κ1) is 17.0. The molecular weight excluding hydrogens is 269 g/mol. The van der Waals surface area contributed by atoms with E-state index in [4.69, 9.17) is 6.58 Å². The molecule has 0 aromatic rings. The van der Waals surface area contributed by atoms with Gasteiger partial charge in [-0.1, -0.05) is 33.6 Å². The van der Waals surface area contributed by atoms with Gasteiger partial charge in [0.15, 0.2) is 0 Å². The summed E-state index contributed by atoms with van der Waals surface area (Å²) in [4.78, 5) is 0. The fraction of sp³-hybridized carbons (Fsp3) is 0.429. The maximum Gasteiger partial charge on any atom is 2.00 e. The largest absolute Gasteiger partial charge is 2.00 e. The molecule has 0 unspecified atom stereocenters. The molecule has 1 aliphatic carbocycles. The number of hydrogen-bond donors (Lipinski definition) is 0. The van der Waals surface area contributed by atoms with Gasteiger partial charge >= 0.3 is 19.5 Å². The molecule has 0 aliphatic heterocycles. The molecule has 1 rings (SSSR count). The van der Waals surface area contributed by atoms with Crippen LogP contribution in [-0.4, -0.2) is 0 Å². The van der Waals surface area contributed by atoms with Crippen molar-refractivity contribution in [1.82, 2.24) is 0 Å². The molecule has 0 spiro atoms. The molecule has 0 amide bonds. The maximum absolute atomic E-state index is 5.33. The van der Waals surface area contributed by atoms with Crippen LogP contribution in [0.15, 0.2) is 35.5 Å². The Morgan fingerprint density at radius 3 is 2.47 bits per heavy atom. The third-order valence-corrected chi connectivity index (χ3v) is 1.56. The molecule has 0 heterocycles. The van der Waals surface area contributed by atoms with Crippen molar-refractivity contribution in [1.29, 1.82) is 0 Å². The Bertz CT molecular complexity index is 228. The molecule has 0 N–H and O–H groups in total. The summed E-state index contributed by atoms with van der Waals surface area (Å²) in [5, 5.41) is 0. The van der Waals surface area contributed by atoms with Crippen LogP contribution in [0, 0.1) is 12.7 Å². The first-order valence-electron chi connectivity index (χ1n) is 5.08. The van der Waals surface area contributed by atoms with Gasteiger partial charge in [-0.05, 0) is 0 Å². The van der Waals surface area contributed by atoms with Gasteiger partial charge in [0.25, 0.3) is 0 Å². The van der Waals surface area contributed by atoms with Gasteiger partial charge in [-0.2, -0.15) is 11.6 Å². The third kappa shape index (κ3) is 16.3. The summed E-state index contributed by atoms with van der Waals surface area (Å²) in [6, 6.07) is 0. The van der Waals surface area contributed by atoms with Crippen molar-refractivity contribution in [3.63, 3.8) is 0 Å². The van der Waals surface area contributed by atoms with Gasteiger partial charge in [-0.25, -0.2) is 23.8 Å². The van der Waals surface area contributed by atoms with Gasteiger partial charge in [0.2, 0.25) is 0 Å². The third-order valence-electron chi connectivity index (χ3n) is 1.56. The van der Waals surface area contributed by atoms with Gasteiger partial charge in [-0.15, -0.1) is 6.42 Å². The predicted molar refractivity (Wildman–Crippen MR) is 63.7 cm³/mol. The van der Waals surface area contributed by atoms with Crippen molar-refractivity contribution in [3.05, 3.63) is 48.1 Å². The Kier molecular flexibility index (Phi) is 13.2. The number of hydrogen-bond acceptors (Lipinski definition) is 0. The SMILES string of the molecule is [C-]1=CC=CCCC1.[CH-]=C(C)C=C(C)C.[Ru+2]. The molecule has 1 aliphatic rings. The first-order valence-corrected chi connectivity index (χ1v) is 5.08. The van der Waals surface area contributed by atoms with E-state index in [1.807, 2.05) is 32.9 Å². The van der Waals surface area contributed by atoms with E-state index in [2.05, 4.69) is 18.2 Å². The van der Waals surface area contributed by atoms with Crippen LogP contribution in [0.1, 0.15) is 40.0 Å². The molecule has 0 bridgehead atoms. The van der Waals surface area contributed by atoms with Crippen LogP contribution in [0.25, 0.3) is 0 Å². The Balaban J connectivity index is 0. The van der Waals surface area contributed by atoms with Crippen molar-refractivity contribution in [2.45, 2.75) is 40.0 Å². The van der Waals surface area contributed by atoms with Crippen LogP contribution in [0.4, 0.5) is 0 Å². The van der Waals surface area contributed by atoms with Gasteiger partial charge in [0, 0.05) is 0 Å². The molecule has 0 saturated carbocycles. The number of allylic oxidation sites excluding steroid dienone is 7. The summed E-state index contributed by atoms with van der Waals surface area (Å²) in [5.41, 5.74) is 2.13. The monoisotopic (exact) mass is 290 g/mol. The average molecular weight is 289 g/mol. The van der Waals surface area contributed by atoms with Crippen molar-refractivity contribution in [2.24, 2.45) is 0 Å². The van der Waals surface area contributed by atoms with E-state index in [-0.39, 0.29) is 19.5 Å². The molecule has 0 fully saturated rings. The molecule has 0 atom stereocenters. The standard InChI is InChI=1S/C7H9.C7H11.Ru/c1-2-4-6-7-5-3-1;1-6(2)5-7(3)4;/h1-3H,4,6-7H2;1,5H,2-4H3;/q2*-1;+2. The zero-order chi connectivity index (χ0) is 10.8. The minimum Gasteiger partial charge on any atom is -0.290 e. The topological polar surface area (TPSA) is 0 Å². The van der Waals surface area contributed by atoms with Crippen molar-refractivity contribution in [3.8, 4) is 0 Å². The van der Waals surface area contributed by atoms with Gasteiger partial charge in [0.1, 0.15) is 0 Å². The quantitative estimate of drug-likeness (QED) is 0.381. The Labute approximate surface area is 108 Å². The smallest absolute Gasteiger partial charge is 0.290 e. The fourth-order valence-electron chi connectivity index (χ4n) is 1.09. The molecule has 0 radical (unpaired) electrons. The van der Waals surface area contributed by atoms with Crippen molar-refractivity contribution in [2.75, 3.05) is 0 Å². The summed E-state index contributed by atoms with van der Waals surface area (Å²) in [6.45, 7) is 11.3. The molecule has 0 nitrogen and oxygen atoms in total. The molecule has 0 saturated heterocycles. The molecule has 15 heavy (non-hydrogen) atoms. The van der Waals surface area contributed by atoms with Crippen LogP contribution in [0.3, 0.4) is 0 Å². The van der Waals surface area contributed by atoms with Gasteiger partial charge in [-0.3, -0.25) is 12.7 Å². The molecule has 0 aromatic carbocycles. The van der Waals surface area contributed by atoms with Crippen molar-refractivity contribution < 1.29 is 19.5 Å². The molecule has 84 valence electrons. The summed E-state index contributed by atoms with van der Waals surface area (Å²) in [5.74, 6) is 0. The minimum atomic E-state index is 0. The molecule has 0 aromatic heterocycles. The van der Waals surface area contributed by atoms with E-state index in [9.17, 15) is 0 Å². The summed E-state index contributed by atoms with van der Waals surface area (Å²) < 4.78 is 0. The zero-order valence-electron chi connectivity index (χ0n) is 9.86. The summed E-state index contributed by atoms with van der Waals surface area (Å²) in [7, 11) is 0. The van der Waals surface area contributed by atoms with E-state index >= 15 is 0 Å². The second-order valence-corrected chi connectivity index (χ2v) is 3.66. The second kappa shape index (κ2) is 11.7. The van der Waals surface area contributed by atoms with Crippen LogP contribution < -0.4 is 0 Å². The van der Waals surface area contributed by atoms with E-state index in [1.165, 1.54) is 18.4 Å². The van der Waals surface area contributed by atoms with Gasteiger partial charge < -0.3 is 0 Å². The molecule has 1 heteroatoms. The van der Waals surface area contributed by atoms with Gasteiger partial charge in [0.05, 0.1) is 0 Å². The summed E-state index contributed by atoms with van der Waals surface area (Å²) in [6.07, 6.45) is 14.9. The number of rotatable bonds is 1. The van der Waals surface area contributed by atoms with Crippen LogP contribution in [0.2, 0.25) is 0 Å². The van der Waals surface area contributed by atoms with Crippen LogP contribution in [-0.2, 0) is 19.5 Å². The zero-order valence-corrected chi connectivity index (χ0v) is 11.6. The van der Waals surface area contributed by atoms with E-state index in [1.54, 1.807) is 0 Å². The average Bonchev–Trinajstić information content (AvgIpc) is 2.32. The van der Waals surface area contributed by atoms with E-state index in [0.717, 1.165) is 12.0 Å². The van der Waals surface area contributed by atoms with Crippen LogP contribution >= 0.6 is 0 Å². The second-order valence-electron chi connectivity index (χ2n) is 3.66. The Hall–Kier alpha value is -0.417. The fourth-order valence-corrected chi connectivity index (χ4v) is 1.09. The van der Waals surface area contributed by atoms with E-state index in [0.29, 0.717) is 0 Å². The molecular formula is C14H20Ru.